The molecule has 2 aliphatic rings. The van der Waals surface area contributed by atoms with E-state index in [4.69, 9.17) is 0 Å². The lowest BCUT2D eigenvalue weighted by Gasteiger charge is -2.34. The highest BCUT2D eigenvalue weighted by molar-refractivity contribution is 6.16. The third-order valence-electron chi connectivity index (χ3n) is 5.51. The number of aromatic nitrogens is 2. The van der Waals surface area contributed by atoms with E-state index in [0.29, 0.717) is 0 Å². The third-order valence-corrected chi connectivity index (χ3v) is 5.51. The molecule has 2 fully saturated rings. The number of piperidine rings is 1. The Morgan fingerprint density at radius 2 is 1.33 bits per heavy atom. The van der Waals surface area contributed by atoms with Crippen molar-refractivity contribution in [1.29, 1.82) is 0 Å². The molecule has 0 amide bonds. The summed E-state index contributed by atoms with van der Waals surface area (Å²) in [6.45, 7) is 0. The fourth-order valence-electron chi connectivity index (χ4n) is 4.05. The van der Waals surface area contributed by atoms with Gasteiger partial charge in [-0.25, -0.2) is 0 Å². The lowest BCUT2D eigenvalue weighted by Crippen LogP contribution is -2.43. The van der Waals surface area contributed by atoms with E-state index in [1.807, 2.05) is 38.6 Å². The smallest absolute Gasteiger partial charge is 0.188 e. The molecule has 2 atom stereocenters. The van der Waals surface area contributed by atoms with Gasteiger partial charge in [0, 0.05) is 61.1 Å². The predicted molar refractivity (Wildman–Crippen MR) is 96.4 cm³/mol. The molecule has 4 heteroatoms. The number of hydrogen-bond donors (Lipinski definition) is 0. The fourth-order valence-corrected chi connectivity index (χ4v) is 4.05. The number of rotatable bonds is 2. The van der Waals surface area contributed by atoms with Gasteiger partial charge in [-0.05, 0) is 56.3 Å². The summed E-state index contributed by atoms with van der Waals surface area (Å²) in [4.78, 5) is 15.6. The molecule has 2 aromatic rings. The Labute approximate surface area is 142 Å². The second-order valence-electron chi connectivity index (χ2n) is 6.89. The number of aryl methyl sites for hydroxylation is 2. The molecule has 4 heterocycles. The molecule has 0 aromatic carbocycles. The number of carbonyl (C=O) groups is 1. The molecule has 0 radical (unpaired) electrons. The van der Waals surface area contributed by atoms with E-state index in [1.165, 1.54) is 0 Å². The lowest BCUT2D eigenvalue weighted by molar-refractivity contribution is -0.114. The summed E-state index contributed by atoms with van der Waals surface area (Å²) in [5, 5.41) is 0. The van der Waals surface area contributed by atoms with Gasteiger partial charge in [-0.15, -0.1) is 0 Å². The number of hydrogen-bond acceptors (Lipinski definition) is 2. The molecule has 2 bridgehead atoms. The topological polar surface area (TPSA) is 30.2 Å². The van der Waals surface area contributed by atoms with Gasteiger partial charge in [0.1, 0.15) is 0 Å². The summed E-state index contributed by atoms with van der Waals surface area (Å²) in [7, 11) is 6.18. The first-order valence-corrected chi connectivity index (χ1v) is 8.49. The standard InChI is InChI=1S/C20H23N3O/c1-21-10-4-6-14(21)12-16-18-8-9-19(23(18)3)17(20(16)24)13-15-7-5-11-22(15)2/h4-7,10-13,18-19H,8-9H2,1-3H3/b16-12-,17-13+. The zero-order valence-electron chi connectivity index (χ0n) is 14.4. The Kier molecular flexibility index (Phi) is 3.57. The molecule has 4 rings (SSSR count). The number of likely N-dealkylation sites (N-methyl/N-ethyl adjacent to an activating group) is 1. The molecular formula is C20H23N3O. The number of fused-ring (bicyclic) bond motifs is 2. The minimum Gasteiger partial charge on any atom is -0.351 e. The van der Waals surface area contributed by atoms with Crippen LogP contribution in [0.15, 0.2) is 47.8 Å². The molecule has 2 unspecified atom stereocenters. The van der Waals surface area contributed by atoms with Crippen LogP contribution in [0.3, 0.4) is 0 Å². The highest BCUT2D eigenvalue weighted by atomic mass is 16.1. The maximum absolute atomic E-state index is 13.2. The van der Waals surface area contributed by atoms with Crippen LogP contribution >= 0.6 is 0 Å². The summed E-state index contributed by atoms with van der Waals surface area (Å²) < 4.78 is 4.11. The first-order chi connectivity index (χ1) is 11.6. The zero-order valence-corrected chi connectivity index (χ0v) is 14.4. The van der Waals surface area contributed by atoms with Crippen molar-refractivity contribution in [3.8, 4) is 0 Å². The summed E-state index contributed by atoms with van der Waals surface area (Å²) in [5.74, 6) is 0.211. The zero-order chi connectivity index (χ0) is 16.8. The second kappa shape index (κ2) is 5.64. The van der Waals surface area contributed by atoms with Crippen LogP contribution in [-0.4, -0.2) is 38.9 Å². The quantitative estimate of drug-likeness (QED) is 0.796. The van der Waals surface area contributed by atoms with Gasteiger partial charge in [-0.3, -0.25) is 9.69 Å². The van der Waals surface area contributed by atoms with Crippen LogP contribution < -0.4 is 0 Å². The molecule has 4 nitrogen and oxygen atoms in total. The summed E-state index contributed by atoms with van der Waals surface area (Å²) in [6, 6.07) is 8.62. The van der Waals surface area contributed by atoms with E-state index in [-0.39, 0.29) is 17.9 Å². The average Bonchev–Trinajstić information content (AvgIpc) is 3.22. The fraction of sp³-hybridized carbons (Fsp3) is 0.350. The van der Waals surface area contributed by atoms with E-state index < -0.39 is 0 Å². The minimum absolute atomic E-state index is 0.211. The van der Waals surface area contributed by atoms with Crippen LogP contribution in [0.4, 0.5) is 0 Å². The van der Waals surface area contributed by atoms with Crippen LogP contribution in [0.5, 0.6) is 0 Å². The normalized spacial score (nSPS) is 27.5. The molecule has 2 saturated heterocycles. The number of Topliss-reactive ketones (excluding diaryl/α,β-unsaturated/α-hetero) is 1. The van der Waals surface area contributed by atoms with E-state index in [0.717, 1.165) is 35.4 Å². The number of ketones is 1. The number of carbonyl (C=O) groups excluding carboxylic acids is 1. The van der Waals surface area contributed by atoms with Crippen LogP contribution in [0.2, 0.25) is 0 Å². The van der Waals surface area contributed by atoms with Gasteiger partial charge in [0.25, 0.3) is 0 Å². The van der Waals surface area contributed by atoms with E-state index in [2.05, 4.69) is 45.4 Å². The van der Waals surface area contributed by atoms with Gasteiger partial charge in [-0.2, -0.15) is 0 Å². The van der Waals surface area contributed by atoms with Gasteiger partial charge >= 0.3 is 0 Å². The molecule has 124 valence electrons. The molecule has 0 spiro atoms. The van der Waals surface area contributed by atoms with E-state index >= 15 is 0 Å². The van der Waals surface area contributed by atoms with Gasteiger partial charge in [0.05, 0.1) is 0 Å². The molecule has 0 aliphatic carbocycles. The highest BCUT2D eigenvalue weighted by Gasteiger charge is 2.44. The van der Waals surface area contributed by atoms with Gasteiger partial charge in [0.2, 0.25) is 0 Å². The maximum atomic E-state index is 13.2. The van der Waals surface area contributed by atoms with Crippen LogP contribution in [0, 0.1) is 0 Å². The Morgan fingerprint density at radius 1 is 0.875 bits per heavy atom. The van der Waals surface area contributed by atoms with Crippen LogP contribution in [0.25, 0.3) is 12.2 Å². The monoisotopic (exact) mass is 321 g/mol. The summed E-state index contributed by atoms with van der Waals surface area (Å²) in [6.07, 6.45) is 10.3. The Balaban J connectivity index is 1.81. The minimum atomic E-state index is 0.211. The Bertz CT molecular complexity index is 784. The van der Waals surface area contributed by atoms with Crippen molar-refractivity contribution < 1.29 is 4.79 Å². The van der Waals surface area contributed by atoms with E-state index in [9.17, 15) is 4.79 Å². The van der Waals surface area contributed by atoms with Crippen molar-refractivity contribution in [2.24, 2.45) is 14.1 Å². The lowest BCUT2D eigenvalue weighted by atomic mass is 9.89. The van der Waals surface area contributed by atoms with Crippen molar-refractivity contribution in [3.63, 3.8) is 0 Å². The molecular weight excluding hydrogens is 298 g/mol. The first-order valence-electron chi connectivity index (χ1n) is 8.49. The SMILES string of the molecule is CN1C2CCC1/C(=C\c1cccn1C)C(=O)/C2=C\c1cccn1C. The predicted octanol–water partition coefficient (Wildman–Crippen LogP) is 2.88. The van der Waals surface area contributed by atoms with Crippen molar-refractivity contribution in [1.82, 2.24) is 14.0 Å². The second-order valence-corrected chi connectivity index (χ2v) is 6.89. The Hall–Kier alpha value is -2.33. The molecule has 0 saturated carbocycles. The van der Waals surface area contributed by atoms with Gasteiger partial charge < -0.3 is 9.13 Å². The van der Waals surface area contributed by atoms with Crippen molar-refractivity contribution in [2.75, 3.05) is 7.05 Å². The van der Waals surface area contributed by atoms with Crippen molar-refractivity contribution in [2.45, 2.75) is 24.9 Å². The maximum Gasteiger partial charge on any atom is 0.188 e. The largest absolute Gasteiger partial charge is 0.351 e. The first kappa shape index (κ1) is 15.2. The summed E-state index contributed by atoms with van der Waals surface area (Å²) in [5.41, 5.74) is 4.01. The van der Waals surface area contributed by atoms with Gasteiger partial charge in [0.15, 0.2) is 5.78 Å². The van der Waals surface area contributed by atoms with Crippen molar-refractivity contribution in [3.05, 3.63) is 59.2 Å². The third kappa shape index (κ3) is 2.29. The Morgan fingerprint density at radius 3 is 1.71 bits per heavy atom. The molecule has 0 N–H and O–H groups in total. The van der Waals surface area contributed by atoms with Crippen LogP contribution in [-0.2, 0) is 18.9 Å². The number of nitrogens with zero attached hydrogens (tertiary/aromatic N) is 3. The van der Waals surface area contributed by atoms with Crippen molar-refractivity contribution >= 4 is 17.9 Å². The van der Waals surface area contributed by atoms with Gasteiger partial charge in [-0.1, -0.05) is 0 Å². The molecule has 24 heavy (non-hydrogen) atoms. The summed E-state index contributed by atoms with van der Waals surface area (Å²) >= 11 is 0. The van der Waals surface area contributed by atoms with E-state index in [1.54, 1.807) is 0 Å². The average molecular weight is 321 g/mol. The molecule has 2 aliphatic heterocycles. The highest BCUT2D eigenvalue weighted by Crippen LogP contribution is 2.40. The van der Waals surface area contributed by atoms with Crippen LogP contribution in [0.1, 0.15) is 24.2 Å². The molecule has 2 aromatic heterocycles.